The van der Waals surface area contributed by atoms with Crippen molar-refractivity contribution in [1.82, 2.24) is 4.98 Å². The highest BCUT2D eigenvalue weighted by Crippen LogP contribution is 2.28. The number of aromatic nitrogens is 1. The monoisotopic (exact) mass is 333 g/mol. The lowest BCUT2D eigenvalue weighted by molar-refractivity contribution is 0.331. The Morgan fingerprint density at radius 1 is 1.20 bits per heavy atom. The van der Waals surface area contributed by atoms with Crippen LogP contribution in [0.4, 0.5) is 0 Å². The van der Waals surface area contributed by atoms with E-state index in [1.807, 2.05) is 12.1 Å². The number of hydrogen-bond acceptors (Lipinski definition) is 5. The van der Waals surface area contributed by atoms with Crippen LogP contribution in [-0.2, 0) is 0 Å². The molecule has 0 spiro atoms. The maximum absolute atomic E-state index is 12.0. The minimum absolute atomic E-state index is 0.164. The van der Waals surface area contributed by atoms with Crippen LogP contribution in [0.5, 0.6) is 11.5 Å². The van der Waals surface area contributed by atoms with E-state index < -0.39 is 5.63 Å². The number of methoxy groups -OCH3 is 1. The van der Waals surface area contributed by atoms with Crippen LogP contribution in [0.3, 0.4) is 0 Å². The van der Waals surface area contributed by atoms with E-state index in [1.54, 1.807) is 49.6 Å². The third-order valence-corrected chi connectivity index (χ3v) is 3.47. The second kappa shape index (κ2) is 7.37. The van der Waals surface area contributed by atoms with Gasteiger partial charge in [-0.25, -0.2) is 9.78 Å². The van der Waals surface area contributed by atoms with E-state index in [2.05, 4.69) is 10.9 Å². The van der Waals surface area contributed by atoms with E-state index in [0.29, 0.717) is 22.4 Å². The van der Waals surface area contributed by atoms with Gasteiger partial charge in [-0.05, 0) is 35.9 Å². The van der Waals surface area contributed by atoms with E-state index in [4.69, 9.17) is 20.3 Å². The third kappa shape index (κ3) is 3.70. The molecule has 25 heavy (non-hydrogen) atoms. The lowest BCUT2D eigenvalue weighted by Crippen LogP contribution is -2.02. The van der Waals surface area contributed by atoms with Gasteiger partial charge in [-0.2, -0.15) is 0 Å². The van der Waals surface area contributed by atoms with Gasteiger partial charge in [0.25, 0.3) is 0 Å². The number of para-hydroxylation sites is 1. The maximum atomic E-state index is 12.0. The number of benzene rings is 2. The summed E-state index contributed by atoms with van der Waals surface area (Å²) in [5, 5.41) is 0.455. The molecule has 0 aliphatic heterocycles. The fourth-order valence-electron chi connectivity index (χ4n) is 2.30. The van der Waals surface area contributed by atoms with Gasteiger partial charge in [0.15, 0.2) is 11.5 Å². The van der Waals surface area contributed by atoms with Crippen molar-refractivity contribution in [2.75, 3.05) is 13.7 Å². The molecule has 0 unspecified atom stereocenters. The highest BCUT2D eigenvalue weighted by molar-refractivity contribution is 5.78. The molecule has 0 aliphatic rings. The average Bonchev–Trinajstić information content (AvgIpc) is 2.65. The van der Waals surface area contributed by atoms with Gasteiger partial charge < -0.3 is 13.9 Å². The molecular weight excluding hydrogens is 318 g/mol. The number of terminal acetylenes is 1. The lowest BCUT2D eigenvalue weighted by atomic mass is 10.2. The molecule has 124 valence electrons. The van der Waals surface area contributed by atoms with Gasteiger partial charge >= 0.3 is 5.63 Å². The highest BCUT2D eigenvalue weighted by Gasteiger charge is 2.05. The zero-order chi connectivity index (χ0) is 17.6. The molecule has 2 aromatic carbocycles. The molecule has 0 fully saturated rings. The number of hydrogen-bond donors (Lipinski definition) is 0. The van der Waals surface area contributed by atoms with Gasteiger partial charge in [-0.3, -0.25) is 0 Å². The summed E-state index contributed by atoms with van der Waals surface area (Å²) in [7, 11) is 1.55. The fraction of sp³-hybridized carbons (Fsp3) is 0.100. The lowest BCUT2D eigenvalue weighted by Gasteiger charge is -2.09. The van der Waals surface area contributed by atoms with Crippen LogP contribution < -0.4 is 15.1 Å². The van der Waals surface area contributed by atoms with E-state index >= 15 is 0 Å². The first-order valence-corrected chi connectivity index (χ1v) is 7.53. The number of ether oxygens (including phenoxy) is 2. The van der Waals surface area contributed by atoms with E-state index in [9.17, 15) is 4.79 Å². The first kappa shape index (κ1) is 16.3. The Morgan fingerprint density at radius 2 is 2.04 bits per heavy atom. The van der Waals surface area contributed by atoms with Gasteiger partial charge in [-0.1, -0.05) is 24.1 Å². The molecule has 0 saturated carbocycles. The Bertz CT molecular complexity index is 1030. The SMILES string of the molecule is C#CCOc1ccc(C=Cc2nc3ccccc3c(=O)o2)cc1OC. The molecule has 0 bridgehead atoms. The van der Waals surface area contributed by atoms with Gasteiger partial charge in [0.1, 0.15) is 6.61 Å². The molecular formula is C20H15NO4. The number of nitrogens with zero attached hydrogens (tertiary/aromatic N) is 1. The first-order valence-electron chi connectivity index (χ1n) is 7.53. The summed E-state index contributed by atoms with van der Waals surface area (Å²) in [6, 6.07) is 12.4. The smallest absolute Gasteiger partial charge is 0.347 e. The molecule has 5 heteroatoms. The molecule has 0 aliphatic carbocycles. The maximum Gasteiger partial charge on any atom is 0.347 e. The first-order chi connectivity index (χ1) is 12.2. The van der Waals surface area contributed by atoms with Crippen molar-refractivity contribution in [3.63, 3.8) is 0 Å². The minimum Gasteiger partial charge on any atom is -0.493 e. The Morgan fingerprint density at radius 3 is 2.84 bits per heavy atom. The van der Waals surface area contributed by atoms with Crippen LogP contribution >= 0.6 is 0 Å². The largest absolute Gasteiger partial charge is 0.493 e. The average molecular weight is 333 g/mol. The van der Waals surface area contributed by atoms with Crippen LogP contribution in [0, 0.1) is 12.3 Å². The topological polar surface area (TPSA) is 61.6 Å². The van der Waals surface area contributed by atoms with Gasteiger partial charge in [0.05, 0.1) is 18.0 Å². The van der Waals surface area contributed by atoms with E-state index in [0.717, 1.165) is 5.56 Å². The predicted octanol–water partition coefficient (Wildman–Crippen LogP) is 3.38. The number of rotatable bonds is 5. The Hall–Kier alpha value is -3.52. The van der Waals surface area contributed by atoms with Crippen molar-refractivity contribution in [2.45, 2.75) is 0 Å². The van der Waals surface area contributed by atoms with Crippen molar-refractivity contribution >= 4 is 23.1 Å². The molecule has 0 atom stereocenters. The van der Waals surface area contributed by atoms with Crippen molar-refractivity contribution in [3.8, 4) is 23.8 Å². The van der Waals surface area contributed by atoms with Gasteiger partial charge in [0.2, 0.25) is 5.89 Å². The summed E-state index contributed by atoms with van der Waals surface area (Å²) < 4.78 is 15.9. The highest BCUT2D eigenvalue weighted by atomic mass is 16.5. The zero-order valence-corrected chi connectivity index (χ0v) is 13.6. The molecule has 0 saturated heterocycles. The third-order valence-electron chi connectivity index (χ3n) is 3.47. The van der Waals surface area contributed by atoms with Crippen LogP contribution in [0.15, 0.2) is 51.7 Å². The van der Waals surface area contributed by atoms with E-state index in [-0.39, 0.29) is 12.5 Å². The quantitative estimate of drug-likeness (QED) is 0.670. The summed E-state index contributed by atoms with van der Waals surface area (Å²) >= 11 is 0. The summed E-state index contributed by atoms with van der Waals surface area (Å²) in [5.41, 5.74) is 1.01. The van der Waals surface area contributed by atoms with Crippen molar-refractivity contribution in [3.05, 3.63) is 64.3 Å². The van der Waals surface area contributed by atoms with Crippen molar-refractivity contribution in [2.24, 2.45) is 0 Å². The van der Waals surface area contributed by atoms with Crippen molar-refractivity contribution in [1.29, 1.82) is 0 Å². The minimum atomic E-state index is -0.416. The molecule has 3 aromatic rings. The predicted molar refractivity (Wildman–Crippen MR) is 96.5 cm³/mol. The zero-order valence-electron chi connectivity index (χ0n) is 13.6. The summed E-state index contributed by atoms with van der Waals surface area (Å²) in [6.45, 7) is 0.164. The molecule has 1 aromatic heterocycles. The Balaban J connectivity index is 1.89. The normalized spacial score (nSPS) is 10.7. The van der Waals surface area contributed by atoms with Gasteiger partial charge in [0, 0.05) is 6.08 Å². The molecule has 0 radical (unpaired) electrons. The van der Waals surface area contributed by atoms with Crippen LogP contribution in [-0.4, -0.2) is 18.7 Å². The second-order valence-corrected chi connectivity index (χ2v) is 5.09. The molecule has 3 rings (SSSR count). The number of fused-ring (bicyclic) bond motifs is 1. The Labute approximate surface area is 144 Å². The van der Waals surface area contributed by atoms with Crippen molar-refractivity contribution < 1.29 is 13.9 Å². The summed E-state index contributed by atoms with van der Waals surface area (Å²) in [4.78, 5) is 16.3. The second-order valence-electron chi connectivity index (χ2n) is 5.09. The van der Waals surface area contributed by atoms with Crippen LogP contribution in [0.1, 0.15) is 11.5 Å². The standard InChI is InChI=1S/C20H15NO4/c1-3-12-24-17-10-8-14(13-18(17)23-2)9-11-19-21-16-7-5-4-6-15(16)20(22)25-19/h1,4-11,13H,12H2,2H3. The fourth-order valence-corrected chi connectivity index (χ4v) is 2.30. The molecule has 1 heterocycles. The van der Waals surface area contributed by atoms with E-state index in [1.165, 1.54) is 0 Å². The van der Waals surface area contributed by atoms with Crippen LogP contribution in [0.2, 0.25) is 0 Å². The van der Waals surface area contributed by atoms with Crippen LogP contribution in [0.25, 0.3) is 23.1 Å². The Kier molecular flexibility index (Phi) is 4.82. The molecule has 5 nitrogen and oxygen atoms in total. The molecule has 0 amide bonds. The van der Waals surface area contributed by atoms with Gasteiger partial charge in [-0.15, -0.1) is 6.42 Å². The summed E-state index contributed by atoms with van der Waals surface area (Å²) in [6.07, 6.45) is 8.59. The molecule has 0 N–H and O–H groups in total. The summed E-state index contributed by atoms with van der Waals surface area (Å²) in [5.74, 6) is 3.76.